The molecule has 0 aromatic carbocycles. The van der Waals surface area contributed by atoms with Crippen LogP contribution in [-0.4, -0.2) is 47.5 Å². The Hall–Kier alpha value is -1.56. The average molecular weight is 276 g/mol. The van der Waals surface area contributed by atoms with E-state index in [9.17, 15) is 4.79 Å². The Bertz CT molecular complexity index is 541. The van der Waals surface area contributed by atoms with Gasteiger partial charge in [0.15, 0.2) is 5.82 Å². The molecule has 2 aliphatic heterocycles. The first-order valence-corrected chi connectivity index (χ1v) is 7.49. The van der Waals surface area contributed by atoms with Crippen molar-refractivity contribution in [2.24, 2.45) is 0 Å². The van der Waals surface area contributed by atoms with Crippen molar-refractivity contribution >= 4 is 11.7 Å². The lowest BCUT2D eigenvalue weighted by Gasteiger charge is -2.33. The molecule has 4 rings (SSSR count). The molecule has 6 nitrogen and oxygen atoms in total. The van der Waals surface area contributed by atoms with Crippen molar-refractivity contribution in [1.29, 1.82) is 0 Å². The van der Waals surface area contributed by atoms with Gasteiger partial charge in [0.1, 0.15) is 5.69 Å². The van der Waals surface area contributed by atoms with E-state index in [4.69, 9.17) is 9.84 Å². The van der Waals surface area contributed by atoms with E-state index >= 15 is 0 Å². The quantitative estimate of drug-likeness (QED) is 0.829. The van der Waals surface area contributed by atoms with Crippen LogP contribution >= 0.6 is 0 Å². The minimum absolute atomic E-state index is 0.0211. The largest absolute Gasteiger partial charge is 0.377 e. The fourth-order valence-electron chi connectivity index (χ4n) is 3.66. The van der Waals surface area contributed by atoms with Gasteiger partial charge in [-0.05, 0) is 26.2 Å². The highest BCUT2D eigenvalue weighted by Gasteiger charge is 2.38. The van der Waals surface area contributed by atoms with Crippen LogP contribution in [0, 0.1) is 0 Å². The van der Waals surface area contributed by atoms with Crippen molar-refractivity contribution in [3.8, 4) is 0 Å². The van der Waals surface area contributed by atoms with Gasteiger partial charge < -0.3 is 15.0 Å². The summed E-state index contributed by atoms with van der Waals surface area (Å²) in [5, 5.41) is 7.86. The van der Waals surface area contributed by atoms with Gasteiger partial charge in [-0.15, -0.1) is 0 Å². The number of anilines is 1. The first-order valence-electron chi connectivity index (χ1n) is 7.49. The van der Waals surface area contributed by atoms with Crippen LogP contribution in [0.1, 0.15) is 42.7 Å². The van der Waals surface area contributed by atoms with Crippen LogP contribution in [0.25, 0.3) is 0 Å². The average Bonchev–Trinajstić information content (AvgIpc) is 3.05. The molecule has 3 aliphatic rings. The Kier molecular flexibility index (Phi) is 2.73. The minimum Gasteiger partial charge on any atom is -0.377 e. The van der Waals surface area contributed by atoms with Gasteiger partial charge in [0, 0.05) is 12.6 Å². The van der Waals surface area contributed by atoms with Crippen LogP contribution in [0.4, 0.5) is 5.82 Å². The lowest BCUT2D eigenvalue weighted by Crippen LogP contribution is -2.45. The zero-order chi connectivity index (χ0) is 13.7. The first kappa shape index (κ1) is 12.2. The fraction of sp³-hybridized carbons (Fsp3) is 0.714. The highest BCUT2D eigenvalue weighted by Crippen LogP contribution is 2.35. The molecule has 1 saturated carbocycles. The predicted octanol–water partition coefficient (Wildman–Crippen LogP) is 0.945. The summed E-state index contributed by atoms with van der Waals surface area (Å²) in [5.74, 6) is 0.936. The number of amides is 1. The lowest BCUT2D eigenvalue weighted by molar-refractivity contribution is 0.0881. The molecule has 2 fully saturated rings. The number of carbonyl (C=O) groups is 1. The Balaban J connectivity index is 1.70. The van der Waals surface area contributed by atoms with Gasteiger partial charge in [-0.3, -0.25) is 9.48 Å². The molecule has 1 N–H and O–H groups in total. The molecule has 3 atom stereocenters. The van der Waals surface area contributed by atoms with Gasteiger partial charge in [0.05, 0.1) is 31.3 Å². The lowest BCUT2D eigenvalue weighted by atomic mass is 10.1. The number of hydrogen-bond donors (Lipinski definition) is 1. The fourth-order valence-corrected chi connectivity index (χ4v) is 3.66. The molecule has 0 radical (unpaired) electrons. The monoisotopic (exact) mass is 276 g/mol. The summed E-state index contributed by atoms with van der Waals surface area (Å²) in [7, 11) is 0. The van der Waals surface area contributed by atoms with E-state index in [0.717, 1.165) is 44.8 Å². The van der Waals surface area contributed by atoms with Crippen molar-refractivity contribution in [3.63, 3.8) is 0 Å². The molecular formula is C14H20N4O2. The second-order valence-corrected chi connectivity index (χ2v) is 6.03. The number of aromatic nitrogens is 2. The molecule has 0 bridgehead atoms. The SMILES string of the molecule is C[C@@H]1COCCN1c1cc2n(n1)[C@@H]1CCC[C@@H]1NC2=O. The second-order valence-electron chi connectivity index (χ2n) is 6.03. The number of fused-ring (bicyclic) bond motifs is 3. The zero-order valence-corrected chi connectivity index (χ0v) is 11.7. The van der Waals surface area contributed by atoms with Crippen molar-refractivity contribution in [2.45, 2.75) is 44.3 Å². The van der Waals surface area contributed by atoms with E-state index < -0.39 is 0 Å². The summed E-state index contributed by atoms with van der Waals surface area (Å²) in [6, 6.07) is 2.85. The minimum atomic E-state index is 0.0211. The molecule has 3 heterocycles. The molecule has 6 heteroatoms. The number of rotatable bonds is 1. The third-order valence-electron chi connectivity index (χ3n) is 4.73. The van der Waals surface area contributed by atoms with Crippen LogP contribution < -0.4 is 10.2 Å². The Morgan fingerprint density at radius 1 is 1.45 bits per heavy atom. The molecule has 1 amide bonds. The van der Waals surface area contributed by atoms with Crippen LogP contribution in [0.2, 0.25) is 0 Å². The standard InChI is InChI=1S/C14H20N4O2/c1-9-8-20-6-5-17(9)13-7-12-14(19)15-10-3-2-4-11(10)18(12)16-13/h7,9-11H,2-6,8H2,1H3,(H,15,19)/t9-,10+,11-/m1/s1. The van der Waals surface area contributed by atoms with E-state index in [1.165, 1.54) is 0 Å². The maximum Gasteiger partial charge on any atom is 0.269 e. The van der Waals surface area contributed by atoms with Gasteiger partial charge >= 0.3 is 0 Å². The highest BCUT2D eigenvalue weighted by atomic mass is 16.5. The molecule has 0 spiro atoms. The van der Waals surface area contributed by atoms with E-state index in [2.05, 4.69) is 17.1 Å². The van der Waals surface area contributed by atoms with Crippen molar-refractivity contribution in [1.82, 2.24) is 15.1 Å². The molecule has 1 aromatic heterocycles. The Morgan fingerprint density at radius 2 is 2.35 bits per heavy atom. The summed E-state index contributed by atoms with van der Waals surface area (Å²) >= 11 is 0. The van der Waals surface area contributed by atoms with E-state index in [1.54, 1.807) is 0 Å². The summed E-state index contributed by atoms with van der Waals surface area (Å²) in [6.07, 6.45) is 3.34. The molecule has 108 valence electrons. The number of morpholine rings is 1. The van der Waals surface area contributed by atoms with Crippen LogP contribution in [0.5, 0.6) is 0 Å². The number of ether oxygens (including phenoxy) is 1. The first-order chi connectivity index (χ1) is 9.74. The van der Waals surface area contributed by atoms with Crippen LogP contribution in [0.3, 0.4) is 0 Å². The zero-order valence-electron chi connectivity index (χ0n) is 11.7. The van der Waals surface area contributed by atoms with Crippen molar-refractivity contribution in [2.75, 3.05) is 24.7 Å². The summed E-state index contributed by atoms with van der Waals surface area (Å²) in [5.41, 5.74) is 0.710. The maximum atomic E-state index is 12.2. The van der Waals surface area contributed by atoms with Gasteiger partial charge in [0.2, 0.25) is 0 Å². The normalized spacial score (nSPS) is 32.8. The van der Waals surface area contributed by atoms with E-state index in [-0.39, 0.29) is 11.9 Å². The van der Waals surface area contributed by atoms with Crippen LogP contribution in [-0.2, 0) is 4.74 Å². The van der Waals surface area contributed by atoms with Gasteiger partial charge in [0.25, 0.3) is 5.91 Å². The van der Waals surface area contributed by atoms with Gasteiger partial charge in [-0.25, -0.2) is 0 Å². The summed E-state index contributed by atoms with van der Waals surface area (Å²) < 4.78 is 7.44. The molecule has 1 aliphatic carbocycles. The Labute approximate surface area is 118 Å². The number of hydrogen-bond acceptors (Lipinski definition) is 4. The number of nitrogens with zero attached hydrogens (tertiary/aromatic N) is 3. The third-order valence-corrected chi connectivity index (χ3v) is 4.73. The number of carbonyl (C=O) groups excluding carboxylic acids is 1. The molecule has 0 unspecified atom stereocenters. The molecular weight excluding hydrogens is 256 g/mol. The second kappa shape index (κ2) is 4.48. The molecule has 20 heavy (non-hydrogen) atoms. The van der Waals surface area contributed by atoms with Crippen molar-refractivity contribution in [3.05, 3.63) is 11.8 Å². The maximum absolute atomic E-state index is 12.2. The summed E-state index contributed by atoms with van der Waals surface area (Å²) in [4.78, 5) is 14.4. The van der Waals surface area contributed by atoms with Crippen LogP contribution in [0.15, 0.2) is 6.07 Å². The van der Waals surface area contributed by atoms with E-state index in [1.807, 2.05) is 10.7 Å². The number of nitrogens with one attached hydrogen (secondary N) is 1. The smallest absolute Gasteiger partial charge is 0.269 e. The van der Waals surface area contributed by atoms with E-state index in [0.29, 0.717) is 17.8 Å². The third kappa shape index (κ3) is 1.74. The highest BCUT2D eigenvalue weighted by molar-refractivity contribution is 5.94. The molecule has 1 aromatic rings. The predicted molar refractivity (Wildman–Crippen MR) is 74.0 cm³/mol. The summed E-state index contributed by atoms with van der Waals surface area (Å²) in [6.45, 7) is 4.43. The Morgan fingerprint density at radius 3 is 3.20 bits per heavy atom. The van der Waals surface area contributed by atoms with Crippen molar-refractivity contribution < 1.29 is 9.53 Å². The molecule has 1 saturated heterocycles. The van der Waals surface area contributed by atoms with Gasteiger partial charge in [-0.1, -0.05) is 0 Å². The topological polar surface area (TPSA) is 59.4 Å². The van der Waals surface area contributed by atoms with Gasteiger partial charge in [-0.2, -0.15) is 5.10 Å².